The van der Waals surface area contributed by atoms with Crippen molar-refractivity contribution in [3.63, 3.8) is 0 Å². The number of unbranched alkanes of at least 4 members (excludes halogenated alkanes) is 5. The van der Waals surface area contributed by atoms with Crippen molar-refractivity contribution in [1.29, 1.82) is 0 Å². The molecule has 7 heteroatoms. The molecule has 120 valence electrons. The van der Waals surface area contributed by atoms with Crippen molar-refractivity contribution in [3.05, 3.63) is 0 Å². The van der Waals surface area contributed by atoms with Crippen LogP contribution in [0.3, 0.4) is 0 Å². The summed E-state index contributed by atoms with van der Waals surface area (Å²) in [6, 6.07) is 0. The molecule has 0 aliphatic heterocycles. The van der Waals surface area contributed by atoms with Gasteiger partial charge in [0.15, 0.2) is 0 Å². The first-order valence-electron chi connectivity index (χ1n) is 7.27. The Kier molecular flexibility index (Phi) is 10.7. The number of amides is 1. The quantitative estimate of drug-likeness (QED) is 0.427. The Labute approximate surface area is 122 Å². The van der Waals surface area contributed by atoms with E-state index in [1.807, 2.05) is 0 Å². The van der Waals surface area contributed by atoms with E-state index in [9.17, 15) is 13.2 Å². The molecule has 0 fully saturated rings. The van der Waals surface area contributed by atoms with E-state index in [2.05, 4.69) is 16.4 Å². The molecule has 1 atom stereocenters. The van der Waals surface area contributed by atoms with E-state index in [-0.39, 0.29) is 18.7 Å². The zero-order valence-corrected chi connectivity index (χ0v) is 13.2. The molecule has 0 saturated heterocycles. The molecule has 0 radical (unpaired) electrons. The Morgan fingerprint density at radius 1 is 1.20 bits per heavy atom. The summed E-state index contributed by atoms with van der Waals surface area (Å²) in [7, 11) is -4.44. The Morgan fingerprint density at radius 3 is 2.40 bits per heavy atom. The lowest BCUT2D eigenvalue weighted by atomic mass is 10.1. The minimum absolute atomic E-state index is 0.121. The summed E-state index contributed by atoms with van der Waals surface area (Å²) in [5.41, 5.74) is 0. The van der Waals surface area contributed by atoms with Gasteiger partial charge in [0.25, 0.3) is 0 Å². The summed E-state index contributed by atoms with van der Waals surface area (Å²) in [6.07, 6.45) is 6.74. The fourth-order valence-electron chi connectivity index (χ4n) is 1.81. The van der Waals surface area contributed by atoms with Crippen LogP contribution in [-0.4, -0.2) is 31.5 Å². The third kappa shape index (κ3) is 13.8. The fourth-order valence-corrected chi connectivity index (χ4v) is 2.32. The van der Waals surface area contributed by atoms with Crippen LogP contribution in [0.2, 0.25) is 0 Å². The molecule has 1 amide bonds. The number of carbonyl (C=O) groups excluding carboxylic acids is 1. The van der Waals surface area contributed by atoms with Gasteiger partial charge in [-0.05, 0) is 19.8 Å². The van der Waals surface area contributed by atoms with Gasteiger partial charge in [0.2, 0.25) is 5.91 Å². The maximum absolute atomic E-state index is 11.5. The average molecular weight is 309 g/mol. The van der Waals surface area contributed by atoms with E-state index < -0.39 is 16.5 Å². The second-order valence-corrected chi connectivity index (χ2v) is 6.04. The first-order chi connectivity index (χ1) is 9.35. The molecule has 0 bridgehead atoms. The predicted molar refractivity (Wildman–Crippen MR) is 77.7 cm³/mol. The van der Waals surface area contributed by atoms with Crippen LogP contribution < -0.4 is 5.32 Å². The molecule has 0 aromatic rings. The van der Waals surface area contributed by atoms with Gasteiger partial charge in [0.1, 0.15) is 0 Å². The van der Waals surface area contributed by atoms with E-state index in [1.165, 1.54) is 32.6 Å². The van der Waals surface area contributed by atoms with Gasteiger partial charge in [-0.15, -0.1) is 0 Å². The van der Waals surface area contributed by atoms with Gasteiger partial charge < -0.3 is 5.32 Å². The van der Waals surface area contributed by atoms with Gasteiger partial charge >= 0.3 is 10.4 Å². The van der Waals surface area contributed by atoms with Gasteiger partial charge in [0, 0.05) is 13.0 Å². The highest BCUT2D eigenvalue weighted by Gasteiger charge is 2.13. The van der Waals surface area contributed by atoms with Gasteiger partial charge in [-0.2, -0.15) is 8.42 Å². The van der Waals surface area contributed by atoms with Crippen molar-refractivity contribution < 1.29 is 21.9 Å². The van der Waals surface area contributed by atoms with Gasteiger partial charge in [-0.3, -0.25) is 9.35 Å². The number of hydrogen-bond acceptors (Lipinski definition) is 4. The lowest BCUT2D eigenvalue weighted by Crippen LogP contribution is -2.26. The lowest BCUT2D eigenvalue weighted by molar-refractivity contribution is -0.121. The molecule has 0 saturated carbocycles. The van der Waals surface area contributed by atoms with Crippen LogP contribution >= 0.6 is 0 Å². The number of rotatable bonds is 12. The van der Waals surface area contributed by atoms with E-state index in [0.29, 0.717) is 6.54 Å². The minimum Gasteiger partial charge on any atom is -0.356 e. The first kappa shape index (κ1) is 19.3. The monoisotopic (exact) mass is 309 g/mol. The standard InChI is InChI=1S/C13H27NO5S/c1-3-4-5-6-7-8-11-14-13(15)10-9-12(2)19-20(16,17)18/h12H,3-11H2,1-2H3,(H,14,15)(H,16,17,18). The van der Waals surface area contributed by atoms with Crippen molar-refractivity contribution >= 4 is 16.3 Å². The van der Waals surface area contributed by atoms with Gasteiger partial charge in [-0.25, -0.2) is 4.18 Å². The number of hydrogen-bond donors (Lipinski definition) is 2. The first-order valence-corrected chi connectivity index (χ1v) is 8.64. The zero-order chi connectivity index (χ0) is 15.4. The molecule has 0 rings (SSSR count). The molecule has 0 aromatic heterocycles. The van der Waals surface area contributed by atoms with Crippen LogP contribution in [0.15, 0.2) is 0 Å². The second-order valence-electron chi connectivity index (χ2n) is 4.99. The van der Waals surface area contributed by atoms with Crippen molar-refractivity contribution in [1.82, 2.24) is 5.32 Å². The summed E-state index contributed by atoms with van der Waals surface area (Å²) < 4.78 is 33.7. The maximum atomic E-state index is 11.5. The molecule has 1 unspecified atom stereocenters. The molecule has 0 spiro atoms. The Morgan fingerprint density at radius 2 is 1.80 bits per heavy atom. The largest absolute Gasteiger partial charge is 0.397 e. The van der Waals surface area contributed by atoms with Crippen LogP contribution in [0, 0.1) is 0 Å². The summed E-state index contributed by atoms with van der Waals surface area (Å²) in [5, 5.41) is 2.79. The molecular weight excluding hydrogens is 282 g/mol. The minimum atomic E-state index is -4.44. The van der Waals surface area contributed by atoms with Crippen molar-refractivity contribution in [2.45, 2.75) is 71.3 Å². The third-order valence-corrected chi connectivity index (χ3v) is 3.49. The van der Waals surface area contributed by atoms with Crippen molar-refractivity contribution in [2.24, 2.45) is 0 Å². The average Bonchev–Trinajstić information content (AvgIpc) is 2.33. The normalized spacial score (nSPS) is 13.2. The molecule has 0 aromatic carbocycles. The van der Waals surface area contributed by atoms with E-state index in [4.69, 9.17) is 4.55 Å². The highest BCUT2D eigenvalue weighted by Crippen LogP contribution is 2.06. The van der Waals surface area contributed by atoms with Gasteiger partial charge in [-0.1, -0.05) is 39.0 Å². The van der Waals surface area contributed by atoms with Crippen LogP contribution in [0.1, 0.15) is 65.2 Å². The van der Waals surface area contributed by atoms with E-state index >= 15 is 0 Å². The predicted octanol–water partition coefficient (Wildman–Crippen LogP) is 2.45. The molecule has 2 N–H and O–H groups in total. The Hall–Kier alpha value is -0.660. The van der Waals surface area contributed by atoms with Crippen molar-refractivity contribution in [2.75, 3.05) is 6.54 Å². The van der Waals surface area contributed by atoms with E-state index in [0.717, 1.165) is 12.8 Å². The molecule has 20 heavy (non-hydrogen) atoms. The van der Waals surface area contributed by atoms with Gasteiger partial charge in [0.05, 0.1) is 6.10 Å². The third-order valence-electron chi connectivity index (χ3n) is 2.92. The lowest BCUT2D eigenvalue weighted by Gasteiger charge is -2.10. The van der Waals surface area contributed by atoms with Crippen LogP contribution in [0.5, 0.6) is 0 Å². The SMILES string of the molecule is CCCCCCCCNC(=O)CCC(C)OS(=O)(=O)O. The van der Waals surface area contributed by atoms with E-state index in [1.54, 1.807) is 0 Å². The molecular formula is C13H27NO5S. The Bertz CT molecular complexity index is 356. The highest BCUT2D eigenvalue weighted by atomic mass is 32.3. The second kappa shape index (κ2) is 11.0. The molecule has 0 aliphatic rings. The molecule has 0 heterocycles. The zero-order valence-electron chi connectivity index (χ0n) is 12.4. The fraction of sp³-hybridized carbons (Fsp3) is 0.923. The van der Waals surface area contributed by atoms with Crippen LogP contribution in [0.4, 0.5) is 0 Å². The maximum Gasteiger partial charge on any atom is 0.397 e. The number of carbonyl (C=O) groups is 1. The van der Waals surface area contributed by atoms with Crippen molar-refractivity contribution in [3.8, 4) is 0 Å². The smallest absolute Gasteiger partial charge is 0.356 e. The summed E-state index contributed by atoms with van der Waals surface area (Å²) in [6.45, 7) is 4.32. The summed E-state index contributed by atoms with van der Waals surface area (Å²) in [4.78, 5) is 11.5. The number of nitrogens with one attached hydrogen (secondary N) is 1. The van der Waals surface area contributed by atoms with Crippen LogP contribution in [-0.2, 0) is 19.4 Å². The summed E-state index contributed by atoms with van der Waals surface area (Å²) in [5.74, 6) is -0.121. The molecule has 0 aliphatic carbocycles. The molecule has 6 nitrogen and oxygen atoms in total. The van der Waals surface area contributed by atoms with Crippen LogP contribution in [0.25, 0.3) is 0 Å². The summed E-state index contributed by atoms with van der Waals surface area (Å²) >= 11 is 0. The highest BCUT2D eigenvalue weighted by molar-refractivity contribution is 7.80. The Balaban J connectivity index is 3.50. The topological polar surface area (TPSA) is 92.7 Å².